The summed E-state index contributed by atoms with van der Waals surface area (Å²) in [5, 5.41) is 2.70. The van der Waals surface area contributed by atoms with Gasteiger partial charge in [0, 0.05) is 17.8 Å². The Morgan fingerprint density at radius 2 is 2.00 bits per heavy atom. The van der Waals surface area contributed by atoms with Gasteiger partial charge in [0.05, 0.1) is 5.52 Å². The van der Waals surface area contributed by atoms with Crippen LogP contribution in [0.15, 0.2) is 48.6 Å². The van der Waals surface area contributed by atoms with Crippen LogP contribution < -0.4 is 11.1 Å². The standard InChI is InChI=1S/C15H13BrN2O4/c1-8(2)18-10-4-3-9(7-12(10)22-15(18)20)17-14(19)11-5-6-13(16)21-11/h3-8H,1-2H3,(H,17,19). The number of carbonyl (C=O) groups is 1. The third-order valence-corrected chi connectivity index (χ3v) is 3.61. The zero-order valence-corrected chi connectivity index (χ0v) is 13.5. The zero-order chi connectivity index (χ0) is 15.9. The normalized spacial score (nSPS) is 11.3. The second-order valence-corrected chi connectivity index (χ2v) is 5.85. The van der Waals surface area contributed by atoms with Crippen LogP contribution in [0.2, 0.25) is 0 Å². The molecule has 0 spiro atoms. The minimum Gasteiger partial charge on any atom is -0.444 e. The molecule has 0 aliphatic heterocycles. The highest BCUT2D eigenvalue weighted by Crippen LogP contribution is 2.22. The van der Waals surface area contributed by atoms with Gasteiger partial charge in [-0.15, -0.1) is 0 Å². The van der Waals surface area contributed by atoms with E-state index in [0.29, 0.717) is 21.5 Å². The van der Waals surface area contributed by atoms with Crippen LogP contribution in [0.1, 0.15) is 30.4 Å². The molecule has 6 nitrogen and oxygen atoms in total. The molecule has 0 aliphatic rings. The maximum Gasteiger partial charge on any atom is 0.420 e. The van der Waals surface area contributed by atoms with Gasteiger partial charge in [0.25, 0.3) is 5.91 Å². The molecule has 0 saturated heterocycles. The van der Waals surface area contributed by atoms with Crippen molar-refractivity contribution >= 4 is 38.6 Å². The minimum atomic E-state index is -0.413. The van der Waals surface area contributed by atoms with E-state index in [1.807, 2.05) is 13.8 Å². The highest BCUT2D eigenvalue weighted by Gasteiger charge is 2.14. The number of fused-ring (bicyclic) bond motifs is 1. The average Bonchev–Trinajstić information content (AvgIpc) is 3.00. The van der Waals surface area contributed by atoms with Gasteiger partial charge >= 0.3 is 5.76 Å². The second kappa shape index (κ2) is 5.49. The first-order valence-corrected chi connectivity index (χ1v) is 7.47. The molecule has 0 fully saturated rings. The topological polar surface area (TPSA) is 77.4 Å². The Balaban J connectivity index is 1.93. The molecule has 1 aromatic carbocycles. The number of nitrogens with one attached hydrogen (secondary N) is 1. The summed E-state index contributed by atoms with van der Waals surface area (Å²) in [4.78, 5) is 23.8. The third-order valence-electron chi connectivity index (χ3n) is 3.18. The fraction of sp³-hybridized carbons (Fsp3) is 0.200. The van der Waals surface area contributed by atoms with Crippen molar-refractivity contribution in [2.24, 2.45) is 0 Å². The van der Waals surface area contributed by atoms with E-state index < -0.39 is 5.76 Å². The van der Waals surface area contributed by atoms with Crippen molar-refractivity contribution in [1.82, 2.24) is 4.57 Å². The van der Waals surface area contributed by atoms with Crippen molar-refractivity contribution in [3.63, 3.8) is 0 Å². The summed E-state index contributed by atoms with van der Waals surface area (Å²) < 4.78 is 12.4. The van der Waals surface area contributed by atoms with E-state index >= 15 is 0 Å². The van der Waals surface area contributed by atoms with E-state index in [9.17, 15) is 9.59 Å². The van der Waals surface area contributed by atoms with Crippen LogP contribution in [0, 0.1) is 0 Å². The summed E-state index contributed by atoms with van der Waals surface area (Å²) in [5.41, 5.74) is 1.64. The first kappa shape index (κ1) is 14.6. The maximum atomic E-state index is 12.0. The van der Waals surface area contributed by atoms with Crippen LogP contribution in [-0.4, -0.2) is 10.5 Å². The number of carbonyl (C=O) groups excluding carboxylic acids is 1. The van der Waals surface area contributed by atoms with Gasteiger partial charge in [0.15, 0.2) is 16.0 Å². The highest BCUT2D eigenvalue weighted by molar-refractivity contribution is 9.10. The Kier molecular flexibility index (Phi) is 3.66. The van der Waals surface area contributed by atoms with E-state index in [4.69, 9.17) is 8.83 Å². The van der Waals surface area contributed by atoms with Crippen molar-refractivity contribution < 1.29 is 13.6 Å². The van der Waals surface area contributed by atoms with Gasteiger partial charge in [-0.05, 0) is 54.0 Å². The van der Waals surface area contributed by atoms with E-state index in [0.717, 1.165) is 0 Å². The molecule has 0 unspecified atom stereocenters. The molecule has 3 rings (SSSR count). The van der Waals surface area contributed by atoms with Crippen LogP contribution >= 0.6 is 15.9 Å². The Labute approximate surface area is 133 Å². The van der Waals surface area contributed by atoms with Crippen LogP contribution in [0.25, 0.3) is 11.1 Å². The summed E-state index contributed by atoms with van der Waals surface area (Å²) in [6.07, 6.45) is 0. The highest BCUT2D eigenvalue weighted by atomic mass is 79.9. The molecular weight excluding hydrogens is 352 g/mol. The predicted molar refractivity (Wildman–Crippen MR) is 85.2 cm³/mol. The van der Waals surface area contributed by atoms with Gasteiger partial charge in [0.2, 0.25) is 0 Å². The summed E-state index contributed by atoms with van der Waals surface area (Å²) in [5.74, 6) is -0.604. The van der Waals surface area contributed by atoms with Crippen LogP contribution in [0.3, 0.4) is 0 Å². The Hall–Kier alpha value is -2.28. The molecule has 22 heavy (non-hydrogen) atoms. The summed E-state index contributed by atoms with van der Waals surface area (Å²) in [7, 11) is 0. The third kappa shape index (κ3) is 2.59. The first-order valence-electron chi connectivity index (χ1n) is 6.67. The van der Waals surface area contributed by atoms with Crippen molar-refractivity contribution in [3.8, 4) is 0 Å². The van der Waals surface area contributed by atoms with E-state index in [1.54, 1.807) is 34.9 Å². The Bertz CT molecular complexity index is 904. The largest absolute Gasteiger partial charge is 0.444 e. The second-order valence-electron chi connectivity index (χ2n) is 5.07. The molecule has 0 aliphatic carbocycles. The first-order chi connectivity index (χ1) is 10.5. The molecule has 7 heteroatoms. The van der Waals surface area contributed by atoms with E-state index in [1.165, 1.54) is 0 Å². The fourth-order valence-electron chi connectivity index (χ4n) is 2.23. The predicted octanol–water partition coefficient (Wildman–Crippen LogP) is 3.78. The Morgan fingerprint density at radius 1 is 1.23 bits per heavy atom. The minimum absolute atomic E-state index is 0.00494. The van der Waals surface area contributed by atoms with Gasteiger partial charge in [-0.2, -0.15) is 0 Å². The number of oxazole rings is 1. The number of anilines is 1. The molecule has 2 heterocycles. The maximum absolute atomic E-state index is 12.0. The van der Waals surface area contributed by atoms with Gasteiger partial charge < -0.3 is 14.2 Å². The molecule has 0 radical (unpaired) electrons. The number of nitrogens with zero attached hydrogens (tertiary/aromatic N) is 1. The Morgan fingerprint density at radius 3 is 2.64 bits per heavy atom. The molecule has 0 bridgehead atoms. The van der Waals surface area contributed by atoms with Gasteiger partial charge in [-0.1, -0.05) is 0 Å². The average molecular weight is 365 g/mol. The monoisotopic (exact) mass is 364 g/mol. The molecule has 0 atom stereocenters. The van der Waals surface area contributed by atoms with Crippen molar-refractivity contribution in [1.29, 1.82) is 0 Å². The SMILES string of the molecule is CC(C)n1c(=O)oc2cc(NC(=O)c3ccc(Br)o3)ccc21. The smallest absolute Gasteiger partial charge is 0.420 e. The molecule has 114 valence electrons. The fourth-order valence-corrected chi connectivity index (χ4v) is 2.54. The number of hydrogen-bond donors (Lipinski definition) is 1. The lowest BCUT2D eigenvalue weighted by Crippen LogP contribution is -2.15. The molecular formula is C15H13BrN2O4. The molecule has 2 aromatic heterocycles. The number of aromatic nitrogens is 1. The lowest BCUT2D eigenvalue weighted by atomic mass is 10.2. The van der Waals surface area contributed by atoms with E-state index in [-0.39, 0.29) is 17.7 Å². The molecule has 1 amide bonds. The lowest BCUT2D eigenvalue weighted by molar-refractivity contribution is 0.0995. The summed E-state index contributed by atoms with van der Waals surface area (Å²) >= 11 is 3.14. The van der Waals surface area contributed by atoms with Crippen LogP contribution in [0.4, 0.5) is 5.69 Å². The number of furan rings is 1. The van der Waals surface area contributed by atoms with Crippen molar-refractivity contribution in [3.05, 3.63) is 51.3 Å². The molecule has 0 saturated carbocycles. The van der Waals surface area contributed by atoms with Crippen molar-refractivity contribution in [2.75, 3.05) is 5.32 Å². The number of rotatable bonds is 3. The molecule has 1 N–H and O–H groups in total. The van der Waals surface area contributed by atoms with Crippen molar-refractivity contribution in [2.45, 2.75) is 19.9 Å². The van der Waals surface area contributed by atoms with Gasteiger partial charge in [-0.25, -0.2) is 4.79 Å². The van der Waals surface area contributed by atoms with Crippen LogP contribution in [-0.2, 0) is 0 Å². The summed E-state index contributed by atoms with van der Waals surface area (Å²) in [6, 6.07) is 8.27. The summed E-state index contributed by atoms with van der Waals surface area (Å²) in [6.45, 7) is 3.81. The lowest BCUT2D eigenvalue weighted by Gasteiger charge is -2.06. The zero-order valence-electron chi connectivity index (χ0n) is 11.9. The van der Waals surface area contributed by atoms with Crippen LogP contribution in [0.5, 0.6) is 0 Å². The van der Waals surface area contributed by atoms with Gasteiger partial charge in [0.1, 0.15) is 0 Å². The van der Waals surface area contributed by atoms with Gasteiger partial charge in [-0.3, -0.25) is 9.36 Å². The number of amides is 1. The quantitative estimate of drug-likeness (QED) is 0.766. The van der Waals surface area contributed by atoms with E-state index in [2.05, 4.69) is 21.2 Å². The number of benzene rings is 1. The molecule has 3 aromatic rings. The number of hydrogen-bond acceptors (Lipinski definition) is 4. The number of halogens is 1.